The Morgan fingerprint density at radius 3 is 2.17 bits per heavy atom. The van der Waals surface area contributed by atoms with Gasteiger partial charge in [0.15, 0.2) is 0 Å². The predicted molar refractivity (Wildman–Crippen MR) is 110 cm³/mol. The Morgan fingerprint density at radius 2 is 1.52 bits per heavy atom. The number of ether oxygens (including phenoxy) is 1. The molecule has 0 saturated heterocycles. The van der Waals surface area contributed by atoms with Gasteiger partial charge in [-0.2, -0.15) is 0 Å². The molecule has 1 aliphatic carbocycles. The van der Waals surface area contributed by atoms with Gasteiger partial charge in [-0.05, 0) is 25.7 Å². The van der Waals surface area contributed by atoms with Gasteiger partial charge in [0.1, 0.15) is 18.3 Å². The molecule has 2 aromatic carbocycles. The third-order valence-corrected chi connectivity index (χ3v) is 5.19. The summed E-state index contributed by atoms with van der Waals surface area (Å²) >= 11 is 0. The van der Waals surface area contributed by atoms with Gasteiger partial charge in [0, 0.05) is 11.1 Å². The molecule has 0 N–H and O–H groups in total. The van der Waals surface area contributed by atoms with E-state index in [9.17, 15) is 9.59 Å². The van der Waals surface area contributed by atoms with Crippen LogP contribution in [0.4, 0.5) is 0 Å². The van der Waals surface area contributed by atoms with Gasteiger partial charge in [-0.25, -0.2) is 4.79 Å². The number of aromatic nitrogens is 3. The van der Waals surface area contributed by atoms with Gasteiger partial charge in [0.25, 0.3) is 0 Å². The first-order valence-corrected chi connectivity index (χ1v) is 10.0. The van der Waals surface area contributed by atoms with Crippen molar-refractivity contribution in [2.45, 2.75) is 44.8 Å². The smallest absolute Gasteiger partial charge is 0.367 e. The lowest BCUT2D eigenvalue weighted by molar-refractivity contribution is -0.151. The Bertz CT molecular complexity index is 1030. The van der Waals surface area contributed by atoms with Crippen LogP contribution in [0.3, 0.4) is 0 Å². The maximum Gasteiger partial charge on any atom is 0.367 e. The summed E-state index contributed by atoms with van der Waals surface area (Å²) in [6.45, 7) is -0.186. The number of nitrogens with zero attached hydrogens (tertiary/aromatic N) is 3. The summed E-state index contributed by atoms with van der Waals surface area (Å²) in [4.78, 5) is 25.2. The minimum atomic E-state index is -0.566. The number of carbonyl (C=O) groups is 1. The lowest BCUT2D eigenvalue weighted by Crippen LogP contribution is -2.32. The number of benzene rings is 2. The molecule has 4 rings (SSSR count). The molecule has 1 saturated carbocycles. The number of hydrogen-bond acceptors (Lipinski definition) is 5. The summed E-state index contributed by atoms with van der Waals surface area (Å²) in [5.74, 6) is -0.414. The van der Waals surface area contributed by atoms with Crippen molar-refractivity contribution in [1.29, 1.82) is 0 Å². The molecule has 1 aromatic heterocycles. The second kappa shape index (κ2) is 8.82. The Morgan fingerprint density at radius 1 is 0.897 bits per heavy atom. The van der Waals surface area contributed by atoms with E-state index in [1.165, 1.54) is 11.0 Å². The monoisotopic (exact) mass is 389 g/mol. The Hall–Kier alpha value is -3.28. The zero-order valence-corrected chi connectivity index (χ0v) is 16.2. The van der Waals surface area contributed by atoms with Gasteiger partial charge in [-0.1, -0.05) is 72.2 Å². The fourth-order valence-electron chi connectivity index (χ4n) is 3.78. The molecule has 3 aromatic rings. The first-order chi connectivity index (χ1) is 14.2. The number of carbonyl (C=O) groups excluding carboxylic acids is 1. The summed E-state index contributed by atoms with van der Waals surface area (Å²) in [5.41, 5.74) is 2.18. The highest BCUT2D eigenvalue weighted by molar-refractivity contribution is 5.79. The van der Waals surface area contributed by atoms with E-state index < -0.39 is 11.7 Å². The van der Waals surface area contributed by atoms with E-state index in [2.05, 4.69) is 10.2 Å². The maximum absolute atomic E-state index is 12.6. The summed E-state index contributed by atoms with van der Waals surface area (Å²) in [7, 11) is 0. The van der Waals surface area contributed by atoms with Gasteiger partial charge in [-0.3, -0.25) is 9.36 Å². The van der Waals surface area contributed by atoms with Crippen LogP contribution in [0.25, 0.3) is 22.5 Å². The Balaban J connectivity index is 1.74. The van der Waals surface area contributed by atoms with Crippen LogP contribution in [0.5, 0.6) is 0 Å². The molecule has 1 fully saturated rings. The summed E-state index contributed by atoms with van der Waals surface area (Å²) in [6.07, 6.45) is 5.03. The fraction of sp³-hybridized carbons (Fsp3) is 0.304. The van der Waals surface area contributed by atoms with E-state index in [-0.39, 0.29) is 12.6 Å². The lowest BCUT2D eigenvalue weighted by atomic mass is 9.98. The highest BCUT2D eigenvalue weighted by Crippen LogP contribution is 2.29. The number of rotatable bonds is 5. The standard InChI is InChI=1S/C23H23N3O3/c27-20(29-19-14-8-3-9-15-19)16-26-22(18-12-6-2-7-13-18)21(24-25-23(26)28)17-10-4-1-5-11-17/h1-2,4-7,10-13,19H,3,8-9,14-16H2. The predicted octanol–water partition coefficient (Wildman–Crippen LogP) is 3.85. The van der Waals surface area contributed by atoms with Crippen molar-refractivity contribution in [3.63, 3.8) is 0 Å². The number of hydrogen-bond donors (Lipinski definition) is 0. The van der Waals surface area contributed by atoms with Crippen LogP contribution in [0.15, 0.2) is 65.5 Å². The third-order valence-electron chi connectivity index (χ3n) is 5.19. The van der Waals surface area contributed by atoms with Gasteiger partial charge < -0.3 is 4.74 Å². The van der Waals surface area contributed by atoms with Crippen LogP contribution in [0.1, 0.15) is 32.1 Å². The molecule has 0 radical (unpaired) electrons. The van der Waals surface area contributed by atoms with E-state index in [0.717, 1.165) is 36.8 Å². The molecule has 0 amide bonds. The zero-order valence-electron chi connectivity index (χ0n) is 16.2. The summed E-state index contributed by atoms with van der Waals surface area (Å²) < 4.78 is 7.01. The van der Waals surface area contributed by atoms with E-state index >= 15 is 0 Å². The van der Waals surface area contributed by atoms with Crippen LogP contribution in [-0.4, -0.2) is 26.8 Å². The van der Waals surface area contributed by atoms with Crippen molar-refractivity contribution < 1.29 is 9.53 Å². The molecule has 1 aliphatic rings. The second-order valence-corrected chi connectivity index (χ2v) is 7.25. The molecular weight excluding hydrogens is 366 g/mol. The molecule has 0 atom stereocenters. The first kappa shape index (κ1) is 19.1. The van der Waals surface area contributed by atoms with Crippen molar-refractivity contribution in [2.24, 2.45) is 0 Å². The maximum atomic E-state index is 12.6. The van der Waals surface area contributed by atoms with Crippen LogP contribution < -0.4 is 5.69 Å². The highest BCUT2D eigenvalue weighted by atomic mass is 16.5. The minimum absolute atomic E-state index is 0.0597. The van der Waals surface area contributed by atoms with E-state index in [4.69, 9.17) is 4.74 Å². The van der Waals surface area contributed by atoms with Gasteiger partial charge >= 0.3 is 11.7 Å². The van der Waals surface area contributed by atoms with Gasteiger partial charge in [0.05, 0.1) is 5.69 Å². The minimum Gasteiger partial charge on any atom is -0.461 e. The highest BCUT2D eigenvalue weighted by Gasteiger charge is 2.22. The normalized spacial score (nSPS) is 14.5. The molecule has 29 heavy (non-hydrogen) atoms. The first-order valence-electron chi connectivity index (χ1n) is 10.0. The third kappa shape index (κ3) is 4.42. The molecule has 0 aliphatic heterocycles. The van der Waals surface area contributed by atoms with Crippen LogP contribution >= 0.6 is 0 Å². The van der Waals surface area contributed by atoms with Crippen molar-refractivity contribution >= 4 is 5.97 Å². The molecule has 0 spiro atoms. The van der Waals surface area contributed by atoms with Gasteiger partial charge in [0.2, 0.25) is 0 Å². The van der Waals surface area contributed by atoms with Crippen LogP contribution in [0.2, 0.25) is 0 Å². The largest absolute Gasteiger partial charge is 0.461 e. The molecule has 148 valence electrons. The lowest BCUT2D eigenvalue weighted by Gasteiger charge is -2.22. The summed E-state index contributed by atoms with van der Waals surface area (Å²) in [5, 5.41) is 7.96. The van der Waals surface area contributed by atoms with Crippen molar-refractivity contribution in [3.8, 4) is 22.5 Å². The molecule has 0 unspecified atom stereocenters. The van der Waals surface area contributed by atoms with Crippen LogP contribution in [-0.2, 0) is 16.1 Å². The number of esters is 1. The Labute approximate surface area is 169 Å². The van der Waals surface area contributed by atoms with E-state index in [1.54, 1.807) is 0 Å². The zero-order chi connectivity index (χ0) is 20.1. The molecule has 1 heterocycles. The molecular formula is C23H23N3O3. The Kier molecular flexibility index (Phi) is 5.79. The fourth-order valence-corrected chi connectivity index (χ4v) is 3.78. The average molecular weight is 389 g/mol. The average Bonchev–Trinajstić information content (AvgIpc) is 2.77. The molecule has 0 bridgehead atoms. The SMILES string of the molecule is O=C(Cn1c(-c2ccccc2)c(-c2ccccc2)nnc1=O)OC1CCCCC1. The van der Waals surface area contributed by atoms with Crippen molar-refractivity contribution in [1.82, 2.24) is 14.8 Å². The summed E-state index contributed by atoms with van der Waals surface area (Å²) in [6, 6.07) is 19.0. The molecule has 6 heteroatoms. The van der Waals surface area contributed by atoms with E-state index in [1.807, 2.05) is 60.7 Å². The van der Waals surface area contributed by atoms with Crippen molar-refractivity contribution in [2.75, 3.05) is 0 Å². The quantitative estimate of drug-likeness (QED) is 0.620. The van der Waals surface area contributed by atoms with Crippen LogP contribution in [0, 0.1) is 0 Å². The topological polar surface area (TPSA) is 74.1 Å². The van der Waals surface area contributed by atoms with Gasteiger partial charge in [-0.15, -0.1) is 5.10 Å². The second-order valence-electron chi connectivity index (χ2n) is 7.25. The molecule has 6 nitrogen and oxygen atoms in total. The van der Waals surface area contributed by atoms with E-state index in [0.29, 0.717) is 11.4 Å². The van der Waals surface area contributed by atoms with Crippen molar-refractivity contribution in [3.05, 3.63) is 71.1 Å².